The average Bonchev–Trinajstić information content (AvgIpc) is 2.35. The Bertz CT molecular complexity index is 763. The fraction of sp³-hybridized carbons (Fsp3) is 0. The second-order valence-corrected chi connectivity index (χ2v) is 6.33. The molecule has 2 aromatic rings. The van der Waals surface area contributed by atoms with Crippen LogP contribution in [0.3, 0.4) is 0 Å². The maximum absolute atomic E-state index is 11.3. The Morgan fingerprint density at radius 3 is 2.35 bits per heavy atom. The zero-order valence-electron chi connectivity index (χ0n) is 10.0. The third kappa shape index (κ3) is 3.34. The van der Waals surface area contributed by atoms with Gasteiger partial charge in [0.2, 0.25) is 10.0 Å². The number of hydrogen-bond donors (Lipinski definition) is 2. The minimum Gasteiger partial charge on any atom is -0.454 e. The van der Waals surface area contributed by atoms with Crippen LogP contribution >= 0.6 is 23.2 Å². The van der Waals surface area contributed by atoms with Crippen LogP contribution in [0.1, 0.15) is 0 Å². The van der Waals surface area contributed by atoms with Crippen LogP contribution in [-0.2, 0) is 10.0 Å². The highest BCUT2D eigenvalue weighted by Crippen LogP contribution is 2.35. The highest BCUT2D eigenvalue weighted by Gasteiger charge is 2.13. The second kappa shape index (κ2) is 5.49. The van der Waals surface area contributed by atoms with Gasteiger partial charge in [-0.15, -0.1) is 0 Å². The molecular weight excluding hydrogens is 323 g/mol. The van der Waals surface area contributed by atoms with Gasteiger partial charge in [0.25, 0.3) is 0 Å². The van der Waals surface area contributed by atoms with Crippen LogP contribution in [0.4, 0.5) is 5.69 Å². The molecule has 2 aromatic carbocycles. The van der Waals surface area contributed by atoms with Crippen molar-refractivity contribution in [1.82, 2.24) is 0 Å². The van der Waals surface area contributed by atoms with Crippen LogP contribution in [0.15, 0.2) is 41.3 Å². The molecule has 0 aliphatic carbocycles. The molecule has 0 aliphatic rings. The van der Waals surface area contributed by atoms with E-state index in [4.69, 9.17) is 38.8 Å². The van der Waals surface area contributed by atoms with Crippen LogP contribution in [0.2, 0.25) is 10.0 Å². The van der Waals surface area contributed by atoms with Crippen molar-refractivity contribution in [2.24, 2.45) is 5.14 Å². The number of anilines is 1. The molecule has 0 saturated heterocycles. The smallest absolute Gasteiger partial charge is 0.238 e. The van der Waals surface area contributed by atoms with E-state index >= 15 is 0 Å². The summed E-state index contributed by atoms with van der Waals surface area (Å²) in [5, 5.41) is 5.79. The van der Waals surface area contributed by atoms with E-state index in [-0.39, 0.29) is 22.1 Å². The first kappa shape index (κ1) is 14.9. The van der Waals surface area contributed by atoms with Gasteiger partial charge in [0, 0.05) is 17.2 Å². The summed E-state index contributed by atoms with van der Waals surface area (Å²) in [6.07, 6.45) is 0. The molecule has 0 heterocycles. The van der Waals surface area contributed by atoms with Crippen LogP contribution in [0.5, 0.6) is 11.5 Å². The number of nitrogen functional groups attached to an aromatic ring is 1. The first-order valence-electron chi connectivity index (χ1n) is 5.32. The van der Waals surface area contributed by atoms with Gasteiger partial charge in [-0.2, -0.15) is 0 Å². The van der Waals surface area contributed by atoms with Crippen molar-refractivity contribution in [1.29, 1.82) is 0 Å². The van der Waals surface area contributed by atoms with Gasteiger partial charge in [0.15, 0.2) is 5.75 Å². The molecule has 0 amide bonds. The maximum Gasteiger partial charge on any atom is 0.238 e. The second-order valence-electron chi connectivity index (χ2n) is 3.92. The van der Waals surface area contributed by atoms with Crippen molar-refractivity contribution in [2.75, 3.05) is 5.73 Å². The van der Waals surface area contributed by atoms with E-state index in [1.165, 1.54) is 24.3 Å². The van der Waals surface area contributed by atoms with Crippen LogP contribution in [-0.4, -0.2) is 8.42 Å². The Labute approximate surface area is 126 Å². The molecule has 5 nitrogen and oxygen atoms in total. The number of ether oxygens (including phenoxy) is 1. The molecule has 0 aromatic heterocycles. The summed E-state index contributed by atoms with van der Waals surface area (Å²) in [6, 6.07) is 8.54. The van der Waals surface area contributed by atoms with E-state index in [1.54, 1.807) is 12.1 Å². The predicted octanol–water partition coefficient (Wildman–Crippen LogP) is 3.02. The van der Waals surface area contributed by atoms with Gasteiger partial charge in [0.05, 0.1) is 15.6 Å². The van der Waals surface area contributed by atoms with Crippen molar-refractivity contribution >= 4 is 38.9 Å². The number of primary sulfonamides is 1. The number of rotatable bonds is 3. The molecular formula is C12H10Cl2N2O3S. The molecule has 0 radical (unpaired) electrons. The first-order chi connectivity index (χ1) is 9.27. The average molecular weight is 333 g/mol. The van der Waals surface area contributed by atoms with Gasteiger partial charge in [-0.3, -0.25) is 0 Å². The van der Waals surface area contributed by atoms with Crippen LogP contribution in [0.25, 0.3) is 0 Å². The van der Waals surface area contributed by atoms with Gasteiger partial charge >= 0.3 is 0 Å². The van der Waals surface area contributed by atoms with E-state index in [0.717, 1.165) is 0 Å². The molecule has 20 heavy (non-hydrogen) atoms. The first-order valence-corrected chi connectivity index (χ1v) is 7.63. The van der Waals surface area contributed by atoms with Crippen molar-refractivity contribution in [2.45, 2.75) is 4.90 Å². The number of sulfonamides is 1. The van der Waals surface area contributed by atoms with Gasteiger partial charge in [-0.25, -0.2) is 13.6 Å². The Hall–Kier alpha value is -1.47. The normalized spacial score (nSPS) is 11.3. The van der Waals surface area contributed by atoms with Gasteiger partial charge in [0.1, 0.15) is 5.75 Å². The number of halogens is 2. The molecule has 106 valence electrons. The predicted molar refractivity (Wildman–Crippen MR) is 78.8 cm³/mol. The minimum absolute atomic E-state index is 0.111. The third-order valence-electron chi connectivity index (χ3n) is 2.43. The highest BCUT2D eigenvalue weighted by molar-refractivity contribution is 7.89. The summed E-state index contributed by atoms with van der Waals surface area (Å²) in [4.78, 5) is -0.111. The van der Waals surface area contributed by atoms with Crippen molar-refractivity contribution < 1.29 is 13.2 Å². The summed E-state index contributed by atoms with van der Waals surface area (Å²) in [5.41, 5.74) is 5.98. The van der Waals surface area contributed by atoms with E-state index in [9.17, 15) is 8.42 Å². The van der Waals surface area contributed by atoms with E-state index in [0.29, 0.717) is 10.0 Å². The summed E-state index contributed by atoms with van der Waals surface area (Å²) in [7, 11) is -3.85. The van der Waals surface area contributed by atoms with E-state index in [1.807, 2.05) is 0 Å². The van der Waals surface area contributed by atoms with Crippen molar-refractivity contribution in [3.05, 3.63) is 46.4 Å². The van der Waals surface area contributed by atoms with Crippen LogP contribution < -0.4 is 15.6 Å². The number of benzene rings is 2. The van der Waals surface area contributed by atoms with Crippen molar-refractivity contribution in [3.63, 3.8) is 0 Å². The highest BCUT2D eigenvalue weighted by atomic mass is 35.5. The largest absolute Gasteiger partial charge is 0.454 e. The Kier molecular flexibility index (Phi) is 4.10. The van der Waals surface area contributed by atoms with Crippen LogP contribution in [0, 0.1) is 0 Å². The zero-order chi connectivity index (χ0) is 14.9. The van der Waals surface area contributed by atoms with Gasteiger partial charge in [-0.1, -0.05) is 23.2 Å². The monoisotopic (exact) mass is 332 g/mol. The molecule has 0 unspecified atom stereocenters. The summed E-state index contributed by atoms with van der Waals surface area (Å²) >= 11 is 11.8. The van der Waals surface area contributed by atoms with E-state index < -0.39 is 10.0 Å². The Balaban J connectivity index is 2.45. The third-order valence-corrected chi connectivity index (χ3v) is 3.89. The molecule has 4 N–H and O–H groups in total. The Morgan fingerprint density at radius 2 is 1.70 bits per heavy atom. The number of hydrogen-bond acceptors (Lipinski definition) is 4. The van der Waals surface area contributed by atoms with Gasteiger partial charge < -0.3 is 10.5 Å². The lowest BCUT2D eigenvalue weighted by Gasteiger charge is -2.11. The minimum atomic E-state index is -3.85. The molecule has 0 fully saturated rings. The van der Waals surface area contributed by atoms with Gasteiger partial charge in [-0.05, 0) is 24.3 Å². The molecule has 0 aliphatic heterocycles. The molecule has 0 atom stereocenters. The lowest BCUT2D eigenvalue weighted by molar-refractivity contribution is 0.483. The molecule has 0 saturated carbocycles. The fourth-order valence-corrected chi connectivity index (χ4v) is 2.30. The topological polar surface area (TPSA) is 95.4 Å². The molecule has 0 bridgehead atoms. The molecule has 8 heteroatoms. The lowest BCUT2D eigenvalue weighted by atomic mass is 10.3. The number of nitrogens with two attached hydrogens (primary N) is 2. The molecule has 0 spiro atoms. The van der Waals surface area contributed by atoms with Crippen molar-refractivity contribution in [3.8, 4) is 11.5 Å². The Morgan fingerprint density at radius 1 is 1.00 bits per heavy atom. The quantitative estimate of drug-likeness (QED) is 0.844. The lowest BCUT2D eigenvalue weighted by Crippen LogP contribution is -2.12. The fourth-order valence-electron chi connectivity index (χ4n) is 1.45. The zero-order valence-corrected chi connectivity index (χ0v) is 12.3. The summed E-state index contributed by atoms with van der Waals surface area (Å²) < 4.78 is 28.1. The summed E-state index contributed by atoms with van der Waals surface area (Å²) in [6.45, 7) is 0. The summed E-state index contributed by atoms with van der Waals surface area (Å²) in [5.74, 6) is 0.387. The maximum atomic E-state index is 11.3. The van der Waals surface area contributed by atoms with E-state index in [2.05, 4.69) is 0 Å². The molecule has 2 rings (SSSR count). The SMILES string of the molecule is Nc1ccc(S(N)(=O)=O)cc1Oc1cc(Cl)ccc1Cl. The standard InChI is InChI=1S/C12H10Cl2N2O3S/c13-7-1-3-9(14)11(5-7)19-12-6-8(20(16,17)18)2-4-10(12)15/h1-6H,15H2,(H2,16,17,18).